The van der Waals surface area contributed by atoms with Gasteiger partial charge >= 0.3 is 0 Å². The highest BCUT2D eigenvalue weighted by Gasteiger charge is 2.07. The summed E-state index contributed by atoms with van der Waals surface area (Å²) in [5, 5.41) is 9.53. The highest BCUT2D eigenvalue weighted by molar-refractivity contribution is 5.37. The van der Waals surface area contributed by atoms with Crippen LogP contribution in [0.3, 0.4) is 0 Å². The fraction of sp³-hybridized carbons (Fsp3) is 0.182. The highest BCUT2D eigenvalue weighted by Crippen LogP contribution is 2.17. The average Bonchev–Trinajstić information content (AvgIpc) is 3.34. The molecular formula is C22H20N4. The van der Waals surface area contributed by atoms with Crippen molar-refractivity contribution in [3.63, 3.8) is 0 Å². The Morgan fingerprint density at radius 2 is 1.08 bits per heavy atom. The highest BCUT2D eigenvalue weighted by atomic mass is 15.3. The van der Waals surface area contributed by atoms with Crippen molar-refractivity contribution < 1.29 is 0 Å². The van der Waals surface area contributed by atoms with Gasteiger partial charge in [0.1, 0.15) is 0 Å². The molecule has 2 aromatic carbocycles. The summed E-state index contributed by atoms with van der Waals surface area (Å²) >= 11 is 0. The fourth-order valence-corrected chi connectivity index (χ4v) is 3.53. The lowest BCUT2D eigenvalue weighted by atomic mass is 10.1. The summed E-state index contributed by atoms with van der Waals surface area (Å²) in [5.41, 5.74) is 7.09. The van der Waals surface area contributed by atoms with Crippen LogP contribution in [0, 0.1) is 0 Å². The zero-order chi connectivity index (χ0) is 17.3. The second-order valence-electron chi connectivity index (χ2n) is 6.84. The molecule has 0 amide bonds. The van der Waals surface area contributed by atoms with Crippen LogP contribution in [-0.4, -0.2) is 19.6 Å². The number of benzene rings is 2. The minimum atomic E-state index is 0.931. The molecule has 0 aliphatic carbocycles. The van der Waals surface area contributed by atoms with Crippen LogP contribution in [0.1, 0.15) is 22.5 Å². The Balaban J connectivity index is 1.57. The van der Waals surface area contributed by atoms with Crippen molar-refractivity contribution in [3.05, 3.63) is 95.6 Å². The van der Waals surface area contributed by atoms with E-state index in [0.717, 1.165) is 48.4 Å². The molecule has 5 rings (SSSR count). The molecule has 0 N–H and O–H groups in total. The quantitative estimate of drug-likeness (QED) is 0.486. The topological polar surface area (TPSA) is 35.6 Å². The maximum absolute atomic E-state index is 4.77. The SMILES string of the molecule is c1cc2cc(c1)-n1ccc(n1)CCc1cccc(c1)-n1ccc(n1)CC2. The van der Waals surface area contributed by atoms with Crippen molar-refractivity contribution in [2.75, 3.05) is 0 Å². The summed E-state index contributed by atoms with van der Waals surface area (Å²) in [7, 11) is 0. The molecule has 3 heterocycles. The maximum Gasteiger partial charge on any atom is 0.0648 e. The molecule has 1 aliphatic heterocycles. The largest absolute Gasteiger partial charge is 0.241 e. The molecule has 128 valence electrons. The zero-order valence-electron chi connectivity index (χ0n) is 14.5. The number of nitrogens with zero attached hydrogens (tertiary/aromatic N) is 4. The van der Waals surface area contributed by atoms with E-state index in [9.17, 15) is 0 Å². The van der Waals surface area contributed by atoms with Crippen molar-refractivity contribution >= 4 is 0 Å². The lowest BCUT2D eigenvalue weighted by Crippen LogP contribution is -2.02. The minimum absolute atomic E-state index is 0.931. The van der Waals surface area contributed by atoms with Crippen LogP contribution in [0.5, 0.6) is 0 Å². The molecule has 0 radical (unpaired) electrons. The molecule has 0 atom stereocenters. The first-order valence-electron chi connectivity index (χ1n) is 9.11. The van der Waals surface area contributed by atoms with Crippen LogP contribution in [0.4, 0.5) is 0 Å². The number of aromatic nitrogens is 4. The van der Waals surface area contributed by atoms with E-state index in [1.807, 2.05) is 9.36 Å². The first kappa shape index (κ1) is 15.1. The van der Waals surface area contributed by atoms with Gasteiger partial charge in [-0.2, -0.15) is 10.2 Å². The lowest BCUT2D eigenvalue weighted by molar-refractivity contribution is 0.799. The van der Waals surface area contributed by atoms with Crippen LogP contribution in [0.2, 0.25) is 0 Å². The average molecular weight is 340 g/mol. The van der Waals surface area contributed by atoms with Gasteiger partial charge in [-0.1, -0.05) is 24.3 Å². The monoisotopic (exact) mass is 340 g/mol. The van der Waals surface area contributed by atoms with E-state index in [2.05, 4.69) is 73.1 Å². The van der Waals surface area contributed by atoms with Gasteiger partial charge in [-0.25, -0.2) is 9.36 Å². The Hall–Kier alpha value is -3.14. The van der Waals surface area contributed by atoms with Gasteiger partial charge < -0.3 is 0 Å². The molecular weight excluding hydrogens is 320 g/mol. The van der Waals surface area contributed by atoms with E-state index in [-0.39, 0.29) is 0 Å². The number of hydrogen-bond donors (Lipinski definition) is 0. The van der Waals surface area contributed by atoms with Gasteiger partial charge in [-0.15, -0.1) is 0 Å². The molecule has 0 fully saturated rings. The predicted octanol–water partition coefficient (Wildman–Crippen LogP) is 3.94. The van der Waals surface area contributed by atoms with Crippen LogP contribution in [0.15, 0.2) is 73.1 Å². The summed E-state index contributed by atoms with van der Waals surface area (Å²) in [5.74, 6) is 0. The van der Waals surface area contributed by atoms with Gasteiger partial charge in [-0.3, -0.25) is 0 Å². The molecule has 1 aliphatic rings. The molecule has 4 heteroatoms. The molecule has 0 saturated carbocycles. The van der Waals surface area contributed by atoms with E-state index in [4.69, 9.17) is 10.2 Å². The summed E-state index contributed by atoms with van der Waals surface area (Å²) in [6.07, 6.45) is 7.92. The van der Waals surface area contributed by atoms with Crippen molar-refractivity contribution in [1.82, 2.24) is 19.6 Å². The molecule has 0 unspecified atom stereocenters. The Labute approximate surface area is 152 Å². The number of aryl methyl sites for hydroxylation is 4. The third-order valence-electron chi connectivity index (χ3n) is 4.98. The van der Waals surface area contributed by atoms with Gasteiger partial charge in [-0.05, 0) is 73.2 Å². The Kier molecular flexibility index (Phi) is 3.67. The van der Waals surface area contributed by atoms with Crippen LogP contribution in [-0.2, 0) is 25.7 Å². The first-order chi connectivity index (χ1) is 12.8. The van der Waals surface area contributed by atoms with E-state index in [0.29, 0.717) is 0 Å². The summed E-state index contributed by atoms with van der Waals surface area (Å²) < 4.78 is 3.96. The molecule has 4 aromatic rings. The first-order valence-corrected chi connectivity index (χ1v) is 9.11. The zero-order valence-corrected chi connectivity index (χ0v) is 14.5. The van der Waals surface area contributed by atoms with Crippen molar-refractivity contribution in [3.8, 4) is 11.4 Å². The molecule has 8 bridgehead atoms. The van der Waals surface area contributed by atoms with E-state index >= 15 is 0 Å². The lowest BCUT2D eigenvalue weighted by Gasteiger charge is -2.07. The van der Waals surface area contributed by atoms with E-state index < -0.39 is 0 Å². The molecule has 26 heavy (non-hydrogen) atoms. The second-order valence-corrected chi connectivity index (χ2v) is 6.84. The minimum Gasteiger partial charge on any atom is -0.241 e. The van der Waals surface area contributed by atoms with Gasteiger partial charge in [0.05, 0.1) is 22.8 Å². The Morgan fingerprint density at radius 3 is 1.58 bits per heavy atom. The number of fused-ring (bicyclic) bond motifs is 10. The van der Waals surface area contributed by atoms with Gasteiger partial charge in [0.15, 0.2) is 0 Å². The predicted molar refractivity (Wildman–Crippen MR) is 102 cm³/mol. The summed E-state index contributed by atoms with van der Waals surface area (Å²) in [4.78, 5) is 0. The van der Waals surface area contributed by atoms with Crippen molar-refractivity contribution in [2.24, 2.45) is 0 Å². The number of hydrogen-bond acceptors (Lipinski definition) is 2. The third kappa shape index (κ3) is 2.94. The molecule has 2 aromatic heterocycles. The Morgan fingerprint density at radius 1 is 0.577 bits per heavy atom. The van der Waals surface area contributed by atoms with Gasteiger partial charge in [0.25, 0.3) is 0 Å². The summed E-state index contributed by atoms with van der Waals surface area (Å²) in [6, 6.07) is 21.5. The third-order valence-corrected chi connectivity index (χ3v) is 4.98. The molecule has 4 nitrogen and oxygen atoms in total. The second kappa shape index (κ2) is 6.30. The fourth-order valence-electron chi connectivity index (χ4n) is 3.53. The number of rotatable bonds is 0. The standard InChI is InChI=1S/C22H20N4/c1-3-17-7-9-19-12-14-26(24-19)22-6-2-4-18(16-22)8-10-20-11-13-25(23-20)21(5-1)15-17/h1-6,11-16H,7-10H2. The van der Waals surface area contributed by atoms with E-state index in [1.165, 1.54) is 11.1 Å². The van der Waals surface area contributed by atoms with Gasteiger partial charge in [0, 0.05) is 12.4 Å². The summed E-state index contributed by atoms with van der Waals surface area (Å²) in [6.45, 7) is 0. The smallest absolute Gasteiger partial charge is 0.0648 e. The van der Waals surface area contributed by atoms with Gasteiger partial charge in [0.2, 0.25) is 0 Å². The molecule has 0 spiro atoms. The Bertz CT molecular complexity index is 971. The van der Waals surface area contributed by atoms with Crippen LogP contribution < -0.4 is 0 Å². The molecule has 0 saturated heterocycles. The van der Waals surface area contributed by atoms with Crippen molar-refractivity contribution in [1.29, 1.82) is 0 Å². The van der Waals surface area contributed by atoms with Crippen molar-refractivity contribution in [2.45, 2.75) is 25.7 Å². The maximum atomic E-state index is 4.77. The van der Waals surface area contributed by atoms with Crippen LogP contribution >= 0.6 is 0 Å². The van der Waals surface area contributed by atoms with Crippen LogP contribution in [0.25, 0.3) is 11.4 Å². The van der Waals surface area contributed by atoms with E-state index in [1.54, 1.807) is 0 Å². The normalized spacial score (nSPS) is 13.5.